The first-order valence-corrected chi connectivity index (χ1v) is 10.1. The molecule has 148 valence electrons. The van der Waals surface area contributed by atoms with Crippen LogP contribution in [0.25, 0.3) is 0 Å². The third-order valence-electron chi connectivity index (χ3n) is 5.05. The second-order valence-corrected chi connectivity index (χ2v) is 7.73. The van der Waals surface area contributed by atoms with E-state index < -0.39 is 0 Å². The van der Waals surface area contributed by atoms with Gasteiger partial charge in [0.2, 0.25) is 0 Å². The molecule has 5 nitrogen and oxygen atoms in total. The molecule has 3 rings (SSSR count). The number of benzene rings is 2. The minimum Gasteiger partial charge on any atom is -0.347 e. The van der Waals surface area contributed by atoms with Crippen LogP contribution in [0.5, 0.6) is 0 Å². The Morgan fingerprint density at radius 1 is 1.00 bits per heavy atom. The van der Waals surface area contributed by atoms with Crippen molar-refractivity contribution in [3.8, 4) is 0 Å². The minimum atomic E-state index is -0.235. The maximum atomic E-state index is 12.5. The maximum absolute atomic E-state index is 12.5. The number of halogens is 1. The largest absolute Gasteiger partial charge is 0.347 e. The summed E-state index contributed by atoms with van der Waals surface area (Å²) in [6.45, 7) is 2.39. The molecular weight excluding hydrogens is 374 g/mol. The summed E-state index contributed by atoms with van der Waals surface area (Å²) in [6, 6.07) is 14.5. The van der Waals surface area contributed by atoms with Gasteiger partial charge in [-0.2, -0.15) is 0 Å². The molecule has 0 saturated heterocycles. The Hall–Kier alpha value is -2.53. The van der Waals surface area contributed by atoms with E-state index in [1.807, 2.05) is 49.4 Å². The van der Waals surface area contributed by atoms with E-state index in [-0.39, 0.29) is 24.0 Å². The Morgan fingerprint density at radius 3 is 2.36 bits per heavy atom. The fraction of sp³-hybridized carbons (Fsp3) is 0.364. The number of nitrogens with one attached hydrogen (secondary N) is 3. The fourth-order valence-corrected chi connectivity index (χ4v) is 3.69. The summed E-state index contributed by atoms with van der Waals surface area (Å²) < 4.78 is 0. The predicted molar refractivity (Wildman–Crippen MR) is 112 cm³/mol. The van der Waals surface area contributed by atoms with Gasteiger partial charge in [0, 0.05) is 23.2 Å². The van der Waals surface area contributed by atoms with Crippen LogP contribution in [0.4, 0.5) is 4.79 Å². The van der Waals surface area contributed by atoms with Crippen molar-refractivity contribution >= 4 is 23.5 Å². The van der Waals surface area contributed by atoms with Crippen LogP contribution in [0.2, 0.25) is 5.02 Å². The second-order valence-electron chi connectivity index (χ2n) is 7.29. The number of aryl methyl sites for hydroxylation is 1. The zero-order valence-corrected chi connectivity index (χ0v) is 16.8. The molecule has 0 bridgehead atoms. The number of carbonyl (C=O) groups excluding carboxylic acids is 2. The number of hydrogen-bond donors (Lipinski definition) is 3. The zero-order valence-electron chi connectivity index (χ0n) is 16.0. The molecule has 0 spiro atoms. The van der Waals surface area contributed by atoms with E-state index in [4.69, 9.17) is 11.6 Å². The minimum absolute atomic E-state index is 0.0699. The molecule has 1 fully saturated rings. The quantitative estimate of drug-likeness (QED) is 0.705. The van der Waals surface area contributed by atoms with Gasteiger partial charge in [-0.3, -0.25) is 4.79 Å². The third-order valence-corrected chi connectivity index (χ3v) is 5.29. The Balaban J connectivity index is 1.54. The van der Waals surface area contributed by atoms with Gasteiger partial charge in [0.15, 0.2) is 0 Å². The molecule has 3 N–H and O–H groups in total. The van der Waals surface area contributed by atoms with E-state index in [9.17, 15) is 9.59 Å². The molecule has 0 aliphatic heterocycles. The monoisotopic (exact) mass is 399 g/mol. The number of amides is 3. The highest BCUT2D eigenvalue weighted by Gasteiger charge is 2.28. The van der Waals surface area contributed by atoms with Crippen molar-refractivity contribution in [1.82, 2.24) is 16.0 Å². The molecule has 28 heavy (non-hydrogen) atoms. The molecular formula is C22H26ClN3O2. The van der Waals surface area contributed by atoms with Gasteiger partial charge >= 0.3 is 6.03 Å². The first-order chi connectivity index (χ1) is 13.5. The molecule has 2 aromatic carbocycles. The van der Waals surface area contributed by atoms with Crippen LogP contribution in [-0.4, -0.2) is 24.0 Å². The highest BCUT2D eigenvalue weighted by molar-refractivity contribution is 6.30. The molecule has 1 saturated carbocycles. The fourth-order valence-electron chi connectivity index (χ4n) is 3.48. The van der Waals surface area contributed by atoms with E-state index in [1.54, 1.807) is 6.07 Å². The van der Waals surface area contributed by atoms with Crippen LogP contribution < -0.4 is 16.0 Å². The van der Waals surface area contributed by atoms with Crippen LogP contribution in [0.1, 0.15) is 47.2 Å². The summed E-state index contributed by atoms with van der Waals surface area (Å²) in [5.74, 6) is -0.0990. The van der Waals surface area contributed by atoms with Gasteiger partial charge in [0.05, 0.1) is 6.04 Å². The van der Waals surface area contributed by atoms with Gasteiger partial charge in [-0.15, -0.1) is 0 Å². The van der Waals surface area contributed by atoms with E-state index in [2.05, 4.69) is 16.0 Å². The highest BCUT2D eigenvalue weighted by atomic mass is 35.5. The lowest BCUT2D eigenvalue weighted by Gasteiger charge is -2.32. The van der Waals surface area contributed by atoms with Crippen LogP contribution in [0.15, 0.2) is 48.5 Å². The van der Waals surface area contributed by atoms with E-state index in [0.29, 0.717) is 17.1 Å². The van der Waals surface area contributed by atoms with Crippen molar-refractivity contribution < 1.29 is 9.59 Å². The average molecular weight is 400 g/mol. The normalized spacial score (nSPS) is 18.9. The van der Waals surface area contributed by atoms with Crippen LogP contribution in [0.3, 0.4) is 0 Å². The zero-order chi connectivity index (χ0) is 19.9. The lowest BCUT2D eigenvalue weighted by molar-refractivity contribution is 0.0916. The summed E-state index contributed by atoms with van der Waals surface area (Å²) >= 11 is 5.97. The summed E-state index contributed by atoms with van der Waals surface area (Å²) in [5, 5.41) is 9.62. The Labute approximate surface area is 170 Å². The topological polar surface area (TPSA) is 70.2 Å². The summed E-state index contributed by atoms with van der Waals surface area (Å²) in [6.07, 6.45) is 3.79. The Bertz CT molecular complexity index is 823. The Morgan fingerprint density at radius 2 is 1.68 bits per heavy atom. The van der Waals surface area contributed by atoms with Crippen LogP contribution in [0, 0.1) is 6.92 Å². The third kappa shape index (κ3) is 5.73. The van der Waals surface area contributed by atoms with Crippen LogP contribution >= 0.6 is 11.6 Å². The van der Waals surface area contributed by atoms with Gasteiger partial charge in [-0.1, -0.05) is 54.3 Å². The first-order valence-electron chi connectivity index (χ1n) is 9.67. The molecule has 0 aromatic heterocycles. The second kappa shape index (κ2) is 9.60. The summed E-state index contributed by atoms with van der Waals surface area (Å²) in [5.41, 5.74) is 2.70. The number of hydrogen-bond acceptors (Lipinski definition) is 2. The standard InChI is InChI=1S/C22H26ClN3O2/c1-15-9-11-17(12-10-15)21(27)25-19-7-2-3-8-20(19)26-22(28)24-14-16-5-4-6-18(23)13-16/h4-6,9-13,19-20H,2-3,7-8,14H2,1H3,(H,25,27)(H2,24,26,28). The molecule has 2 atom stereocenters. The van der Waals surface area contributed by atoms with Gasteiger partial charge in [0.25, 0.3) is 5.91 Å². The van der Waals surface area contributed by atoms with Crippen molar-refractivity contribution in [2.75, 3.05) is 0 Å². The Kier molecular flexibility index (Phi) is 6.93. The molecule has 1 aliphatic carbocycles. The molecule has 2 aromatic rings. The average Bonchev–Trinajstić information content (AvgIpc) is 2.68. The van der Waals surface area contributed by atoms with Crippen molar-refractivity contribution in [2.24, 2.45) is 0 Å². The first kappa shape index (κ1) is 20.2. The van der Waals surface area contributed by atoms with Crippen molar-refractivity contribution in [3.63, 3.8) is 0 Å². The number of urea groups is 1. The SMILES string of the molecule is Cc1ccc(C(=O)NC2CCCCC2NC(=O)NCc2cccc(Cl)c2)cc1. The number of rotatable bonds is 5. The lowest BCUT2D eigenvalue weighted by atomic mass is 9.90. The highest BCUT2D eigenvalue weighted by Crippen LogP contribution is 2.19. The summed E-state index contributed by atoms with van der Waals surface area (Å²) in [4.78, 5) is 24.9. The van der Waals surface area contributed by atoms with E-state index in [0.717, 1.165) is 36.8 Å². The van der Waals surface area contributed by atoms with E-state index >= 15 is 0 Å². The van der Waals surface area contributed by atoms with Gasteiger partial charge in [0.1, 0.15) is 0 Å². The van der Waals surface area contributed by atoms with Gasteiger partial charge in [-0.05, 0) is 49.6 Å². The van der Waals surface area contributed by atoms with Crippen LogP contribution in [-0.2, 0) is 6.54 Å². The predicted octanol–water partition coefficient (Wildman–Crippen LogP) is 4.19. The number of carbonyl (C=O) groups is 2. The molecule has 3 amide bonds. The lowest BCUT2D eigenvalue weighted by Crippen LogP contribution is -2.55. The van der Waals surface area contributed by atoms with Gasteiger partial charge < -0.3 is 16.0 Å². The molecule has 2 unspecified atom stereocenters. The van der Waals surface area contributed by atoms with Gasteiger partial charge in [-0.25, -0.2) is 4.79 Å². The maximum Gasteiger partial charge on any atom is 0.315 e. The summed E-state index contributed by atoms with van der Waals surface area (Å²) in [7, 11) is 0. The smallest absolute Gasteiger partial charge is 0.315 e. The molecule has 6 heteroatoms. The van der Waals surface area contributed by atoms with E-state index in [1.165, 1.54) is 0 Å². The van der Waals surface area contributed by atoms with Crippen molar-refractivity contribution in [3.05, 3.63) is 70.2 Å². The molecule has 0 radical (unpaired) electrons. The van der Waals surface area contributed by atoms with Crippen molar-refractivity contribution in [2.45, 2.75) is 51.2 Å². The molecule has 1 aliphatic rings. The van der Waals surface area contributed by atoms with Crippen molar-refractivity contribution in [1.29, 1.82) is 0 Å². The molecule has 0 heterocycles.